The van der Waals surface area contributed by atoms with Crippen molar-refractivity contribution in [2.24, 2.45) is 5.92 Å². The molecule has 1 N–H and O–H groups in total. The second-order valence-electron chi connectivity index (χ2n) is 7.02. The monoisotopic (exact) mass is 374 g/mol. The summed E-state index contributed by atoms with van der Waals surface area (Å²) in [7, 11) is -3.20. The van der Waals surface area contributed by atoms with Crippen LogP contribution in [0.4, 0.5) is 0 Å². The van der Waals surface area contributed by atoms with Gasteiger partial charge in [-0.2, -0.15) is 5.10 Å². The number of hydrogen-bond acceptors (Lipinski definition) is 4. The van der Waals surface area contributed by atoms with Crippen LogP contribution in [0.15, 0.2) is 41.3 Å². The number of nitrogens with zero attached hydrogens (tertiary/aromatic N) is 2. The van der Waals surface area contributed by atoms with Crippen LogP contribution in [0.2, 0.25) is 0 Å². The second kappa shape index (κ2) is 8.18. The van der Waals surface area contributed by atoms with Gasteiger partial charge in [-0.05, 0) is 48.6 Å². The molecule has 3 rings (SSSR count). The third-order valence-electron chi connectivity index (χ3n) is 4.93. The van der Waals surface area contributed by atoms with Crippen LogP contribution in [0.1, 0.15) is 37.8 Å². The predicted octanol–water partition coefficient (Wildman–Crippen LogP) is 3.54. The summed E-state index contributed by atoms with van der Waals surface area (Å²) in [5.41, 5.74) is 2.73. The quantitative estimate of drug-likeness (QED) is 0.839. The lowest BCUT2D eigenvalue weighted by Gasteiger charge is -2.22. The minimum absolute atomic E-state index is 0.0200. The molecule has 1 heterocycles. The molecule has 1 aliphatic carbocycles. The summed E-state index contributed by atoms with van der Waals surface area (Å²) >= 11 is 0. The molecule has 2 aromatic rings. The largest absolute Gasteiger partial charge is 0.392 e. The first-order chi connectivity index (χ1) is 12.5. The molecule has 0 unspecified atom stereocenters. The Bertz CT molecular complexity index is 861. The summed E-state index contributed by atoms with van der Waals surface area (Å²) in [5.74, 6) is 0.632. The van der Waals surface area contributed by atoms with Gasteiger partial charge in [0.2, 0.25) is 0 Å². The van der Waals surface area contributed by atoms with Gasteiger partial charge in [-0.1, -0.05) is 37.5 Å². The van der Waals surface area contributed by atoms with Crippen molar-refractivity contribution >= 4 is 15.9 Å². The van der Waals surface area contributed by atoms with Gasteiger partial charge in [0.15, 0.2) is 9.84 Å². The molecule has 0 spiro atoms. The second-order valence-corrected chi connectivity index (χ2v) is 9.04. The van der Waals surface area contributed by atoms with Crippen LogP contribution in [0, 0.1) is 5.92 Å². The number of benzene rings is 1. The number of hydrogen-bond donors (Lipinski definition) is 1. The molecule has 0 atom stereocenters. The van der Waals surface area contributed by atoms with Crippen LogP contribution in [-0.4, -0.2) is 36.2 Å². The van der Waals surface area contributed by atoms with Gasteiger partial charge in [0.05, 0.1) is 22.9 Å². The van der Waals surface area contributed by atoms with Crippen molar-refractivity contribution in [1.29, 1.82) is 0 Å². The van der Waals surface area contributed by atoms with Crippen LogP contribution < -0.4 is 0 Å². The average molecular weight is 375 g/mol. The highest BCUT2D eigenvalue weighted by molar-refractivity contribution is 7.90. The smallest absolute Gasteiger partial charge is 0.175 e. The molecule has 140 valence electrons. The zero-order chi connectivity index (χ0) is 18.6. The first kappa shape index (κ1) is 18.9. The molecule has 0 aliphatic heterocycles. The van der Waals surface area contributed by atoms with Gasteiger partial charge in [-0.25, -0.2) is 8.42 Å². The first-order valence-electron chi connectivity index (χ1n) is 9.13. The lowest BCUT2D eigenvalue weighted by atomic mass is 9.89. The van der Waals surface area contributed by atoms with E-state index in [2.05, 4.69) is 5.10 Å². The Balaban J connectivity index is 1.92. The third-order valence-corrected chi connectivity index (χ3v) is 6.06. The van der Waals surface area contributed by atoms with Crippen LogP contribution in [0.25, 0.3) is 17.3 Å². The number of rotatable bonds is 6. The van der Waals surface area contributed by atoms with E-state index in [1.54, 1.807) is 18.2 Å². The van der Waals surface area contributed by atoms with Crippen molar-refractivity contribution in [3.05, 3.63) is 42.1 Å². The van der Waals surface area contributed by atoms with Crippen molar-refractivity contribution < 1.29 is 13.5 Å². The fourth-order valence-electron chi connectivity index (χ4n) is 3.55. The van der Waals surface area contributed by atoms with Crippen molar-refractivity contribution in [1.82, 2.24) is 9.78 Å². The normalized spacial score (nSPS) is 16.4. The lowest BCUT2D eigenvalue weighted by molar-refractivity contribution is 0.309. The van der Waals surface area contributed by atoms with Gasteiger partial charge in [-0.15, -0.1) is 0 Å². The fraction of sp³-hybridized carbons (Fsp3) is 0.450. The van der Waals surface area contributed by atoms with Gasteiger partial charge in [0, 0.05) is 12.8 Å². The Labute approximate surface area is 155 Å². The van der Waals surface area contributed by atoms with Crippen molar-refractivity contribution in [2.75, 3.05) is 12.9 Å². The minimum Gasteiger partial charge on any atom is -0.392 e. The highest BCUT2D eigenvalue weighted by Gasteiger charge is 2.17. The Morgan fingerprint density at radius 3 is 2.50 bits per heavy atom. The maximum Gasteiger partial charge on any atom is 0.175 e. The maximum atomic E-state index is 11.7. The van der Waals surface area contributed by atoms with Gasteiger partial charge >= 0.3 is 0 Å². The molecule has 1 fully saturated rings. The van der Waals surface area contributed by atoms with Crippen molar-refractivity contribution in [3.63, 3.8) is 0 Å². The van der Waals surface area contributed by atoms with E-state index in [0.29, 0.717) is 10.8 Å². The van der Waals surface area contributed by atoms with E-state index < -0.39 is 9.84 Å². The molecular weight excluding hydrogens is 348 g/mol. The number of aliphatic hydroxyl groups excluding tert-OH is 1. The Morgan fingerprint density at radius 2 is 1.88 bits per heavy atom. The molecule has 1 aromatic carbocycles. The number of sulfone groups is 1. The Morgan fingerprint density at radius 1 is 1.19 bits per heavy atom. The fourth-order valence-corrected chi connectivity index (χ4v) is 4.18. The van der Waals surface area contributed by atoms with Crippen LogP contribution in [0.5, 0.6) is 0 Å². The standard InChI is InChI=1S/C20H26N2O3S/c1-26(24,25)19-11-9-17(10-12-19)20-14-18(8-5-13-23)21-22(20)15-16-6-3-2-4-7-16/h5,8-12,14,16,23H,2-4,6-7,13,15H2,1H3. The predicted molar refractivity (Wildman–Crippen MR) is 103 cm³/mol. The maximum absolute atomic E-state index is 11.7. The summed E-state index contributed by atoms with van der Waals surface area (Å²) in [6.07, 6.45) is 11.0. The summed E-state index contributed by atoms with van der Waals surface area (Å²) < 4.78 is 25.4. The molecule has 0 saturated heterocycles. The topological polar surface area (TPSA) is 72.2 Å². The third kappa shape index (κ3) is 4.62. The van der Waals surface area contributed by atoms with Gasteiger partial charge in [0.1, 0.15) is 0 Å². The Kier molecular flexibility index (Phi) is 5.94. The van der Waals surface area contributed by atoms with Crippen molar-refractivity contribution in [2.45, 2.75) is 43.5 Å². The SMILES string of the molecule is CS(=O)(=O)c1ccc(-c2cc(C=CCO)nn2CC2CCCCC2)cc1. The lowest BCUT2D eigenvalue weighted by Crippen LogP contribution is -2.15. The van der Waals surface area contributed by atoms with E-state index in [1.165, 1.54) is 38.4 Å². The first-order valence-corrected chi connectivity index (χ1v) is 11.0. The molecule has 26 heavy (non-hydrogen) atoms. The molecule has 6 heteroatoms. The van der Waals surface area contributed by atoms with Gasteiger partial charge in [0.25, 0.3) is 0 Å². The van der Waals surface area contributed by atoms with Crippen molar-refractivity contribution in [3.8, 4) is 11.3 Å². The molecule has 0 radical (unpaired) electrons. The number of aliphatic hydroxyl groups is 1. The van der Waals surface area contributed by atoms with Crippen LogP contribution in [0.3, 0.4) is 0 Å². The average Bonchev–Trinajstić information content (AvgIpc) is 3.03. The summed E-state index contributed by atoms with van der Waals surface area (Å²) in [5, 5.41) is 13.7. The van der Waals surface area contributed by atoms with Crippen LogP contribution >= 0.6 is 0 Å². The molecule has 1 saturated carbocycles. The molecule has 1 aliphatic rings. The molecular formula is C20H26N2O3S. The summed E-state index contributed by atoms with van der Waals surface area (Å²) in [6, 6.07) is 8.96. The summed E-state index contributed by atoms with van der Waals surface area (Å²) in [6.45, 7) is 0.851. The highest BCUT2D eigenvalue weighted by atomic mass is 32.2. The number of aromatic nitrogens is 2. The van der Waals surface area contributed by atoms with E-state index in [-0.39, 0.29) is 6.61 Å². The molecule has 5 nitrogen and oxygen atoms in total. The van der Waals surface area contributed by atoms with E-state index in [1.807, 2.05) is 29.0 Å². The zero-order valence-electron chi connectivity index (χ0n) is 15.1. The molecule has 1 aromatic heterocycles. The zero-order valence-corrected chi connectivity index (χ0v) is 16.0. The molecule has 0 amide bonds. The minimum atomic E-state index is -3.20. The highest BCUT2D eigenvalue weighted by Crippen LogP contribution is 2.28. The van der Waals surface area contributed by atoms with E-state index in [0.717, 1.165) is 23.5 Å². The Hall–Kier alpha value is -1.92. The van der Waals surface area contributed by atoms with E-state index >= 15 is 0 Å². The van der Waals surface area contributed by atoms with Gasteiger partial charge < -0.3 is 5.11 Å². The van der Waals surface area contributed by atoms with E-state index in [9.17, 15) is 8.42 Å². The van der Waals surface area contributed by atoms with Crippen LogP contribution in [-0.2, 0) is 16.4 Å². The van der Waals surface area contributed by atoms with Gasteiger partial charge in [-0.3, -0.25) is 4.68 Å². The van der Waals surface area contributed by atoms with E-state index in [4.69, 9.17) is 5.11 Å². The summed E-state index contributed by atoms with van der Waals surface area (Å²) in [4.78, 5) is 0.319. The molecule has 0 bridgehead atoms.